The maximum absolute atomic E-state index is 12.4. The van der Waals surface area contributed by atoms with Gasteiger partial charge in [-0.1, -0.05) is 49.2 Å². The standard InChI is InChI=1S/C21H22N2O2/c1-4-8-18-14-20(25-21(24)17-9-6-5-7-10-17)23(22-18)19-12-11-15(2)13-16(19)3/h5-7,9-14H,4,8H2,1-3H3. The van der Waals surface area contributed by atoms with Gasteiger partial charge in [0, 0.05) is 6.07 Å². The molecule has 1 heterocycles. The Bertz CT molecular complexity index is 882. The van der Waals surface area contributed by atoms with Crippen molar-refractivity contribution in [2.45, 2.75) is 33.6 Å². The Morgan fingerprint density at radius 3 is 2.52 bits per heavy atom. The second kappa shape index (κ2) is 7.34. The highest BCUT2D eigenvalue weighted by molar-refractivity contribution is 5.90. The number of aryl methyl sites for hydroxylation is 3. The van der Waals surface area contributed by atoms with Crippen molar-refractivity contribution >= 4 is 5.97 Å². The predicted octanol–water partition coefficient (Wildman–Crippen LogP) is 4.66. The molecule has 0 bridgehead atoms. The van der Waals surface area contributed by atoms with Crippen molar-refractivity contribution in [2.24, 2.45) is 0 Å². The van der Waals surface area contributed by atoms with Crippen LogP contribution >= 0.6 is 0 Å². The van der Waals surface area contributed by atoms with E-state index in [1.807, 2.05) is 43.3 Å². The van der Waals surface area contributed by atoms with Gasteiger partial charge in [-0.05, 0) is 44.0 Å². The third kappa shape index (κ3) is 3.79. The Balaban J connectivity index is 1.99. The van der Waals surface area contributed by atoms with Gasteiger partial charge >= 0.3 is 5.97 Å². The van der Waals surface area contributed by atoms with E-state index in [1.165, 1.54) is 5.56 Å². The van der Waals surface area contributed by atoms with Crippen molar-refractivity contribution in [2.75, 3.05) is 0 Å². The molecule has 0 saturated heterocycles. The summed E-state index contributed by atoms with van der Waals surface area (Å²) in [5.41, 5.74) is 4.63. The summed E-state index contributed by atoms with van der Waals surface area (Å²) in [7, 11) is 0. The lowest BCUT2D eigenvalue weighted by atomic mass is 10.1. The van der Waals surface area contributed by atoms with Gasteiger partial charge in [-0.15, -0.1) is 0 Å². The molecule has 0 spiro atoms. The van der Waals surface area contributed by atoms with Crippen LogP contribution in [0.4, 0.5) is 0 Å². The first-order valence-electron chi connectivity index (χ1n) is 8.52. The highest BCUT2D eigenvalue weighted by Gasteiger charge is 2.16. The number of carbonyl (C=O) groups excluding carboxylic acids is 1. The van der Waals surface area contributed by atoms with E-state index in [1.54, 1.807) is 16.8 Å². The van der Waals surface area contributed by atoms with Gasteiger partial charge in [0.1, 0.15) is 0 Å². The predicted molar refractivity (Wildman–Crippen MR) is 98.4 cm³/mol. The molecule has 3 rings (SSSR count). The van der Waals surface area contributed by atoms with E-state index in [2.05, 4.69) is 25.0 Å². The lowest BCUT2D eigenvalue weighted by Gasteiger charge is -2.11. The summed E-state index contributed by atoms with van der Waals surface area (Å²) in [5.74, 6) is 0.0684. The van der Waals surface area contributed by atoms with Crippen LogP contribution in [0.3, 0.4) is 0 Å². The summed E-state index contributed by atoms with van der Waals surface area (Å²) in [6, 6.07) is 17.0. The van der Waals surface area contributed by atoms with Gasteiger partial charge in [-0.25, -0.2) is 9.48 Å². The number of aromatic nitrogens is 2. The van der Waals surface area contributed by atoms with E-state index in [4.69, 9.17) is 4.74 Å². The summed E-state index contributed by atoms with van der Waals surface area (Å²) in [6.45, 7) is 6.19. The van der Waals surface area contributed by atoms with Gasteiger partial charge in [0.25, 0.3) is 0 Å². The minimum atomic E-state index is -0.380. The van der Waals surface area contributed by atoms with Gasteiger partial charge < -0.3 is 4.74 Å². The average molecular weight is 334 g/mol. The molecular formula is C21H22N2O2. The second-order valence-electron chi connectivity index (χ2n) is 6.18. The zero-order valence-electron chi connectivity index (χ0n) is 14.8. The van der Waals surface area contributed by atoms with Crippen molar-refractivity contribution in [3.63, 3.8) is 0 Å². The Hall–Kier alpha value is -2.88. The van der Waals surface area contributed by atoms with E-state index in [0.717, 1.165) is 29.8 Å². The van der Waals surface area contributed by atoms with Crippen LogP contribution in [-0.2, 0) is 6.42 Å². The van der Waals surface area contributed by atoms with Crippen LogP contribution in [0.2, 0.25) is 0 Å². The van der Waals surface area contributed by atoms with Crippen LogP contribution in [0.25, 0.3) is 5.69 Å². The highest BCUT2D eigenvalue weighted by atomic mass is 16.5. The Labute approximate surface area is 148 Å². The molecular weight excluding hydrogens is 312 g/mol. The maximum Gasteiger partial charge on any atom is 0.344 e. The number of carbonyl (C=O) groups is 1. The third-order valence-corrected chi connectivity index (χ3v) is 4.02. The van der Waals surface area contributed by atoms with Gasteiger partial charge in [-0.3, -0.25) is 0 Å². The van der Waals surface area contributed by atoms with Crippen LogP contribution in [0, 0.1) is 13.8 Å². The molecule has 0 aliphatic carbocycles. The molecule has 0 amide bonds. The summed E-state index contributed by atoms with van der Waals surface area (Å²) < 4.78 is 7.38. The largest absolute Gasteiger partial charge is 0.404 e. The van der Waals surface area contributed by atoms with Crippen molar-refractivity contribution in [1.82, 2.24) is 9.78 Å². The molecule has 128 valence electrons. The molecule has 0 fully saturated rings. The number of esters is 1. The van der Waals surface area contributed by atoms with Gasteiger partial charge in [0.15, 0.2) is 0 Å². The molecule has 0 saturated carbocycles. The van der Waals surface area contributed by atoms with Crippen molar-refractivity contribution in [3.8, 4) is 11.6 Å². The van der Waals surface area contributed by atoms with Crippen molar-refractivity contribution in [1.29, 1.82) is 0 Å². The fourth-order valence-electron chi connectivity index (χ4n) is 2.81. The first-order chi connectivity index (χ1) is 12.1. The molecule has 4 nitrogen and oxygen atoms in total. The Morgan fingerprint density at radius 1 is 1.08 bits per heavy atom. The van der Waals surface area contributed by atoms with Crippen LogP contribution < -0.4 is 4.74 Å². The number of hydrogen-bond acceptors (Lipinski definition) is 3. The van der Waals surface area contributed by atoms with Crippen LogP contribution in [0.1, 0.15) is 40.5 Å². The molecule has 0 aliphatic rings. The number of hydrogen-bond donors (Lipinski definition) is 0. The lowest BCUT2D eigenvalue weighted by Crippen LogP contribution is -2.12. The molecule has 0 N–H and O–H groups in total. The topological polar surface area (TPSA) is 44.1 Å². The lowest BCUT2D eigenvalue weighted by molar-refractivity contribution is 0.0723. The second-order valence-corrected chi connectivity index (χ2v) is 6.18. The molecule has 0 atom stereocenters. The minimum absolute atomic E-state index is 0.380. The fourth-order valence-corrected chi connectivity index (χ4v) is 2.81. The molecule has 0 radical (unpaired) electrons. The third-order valence-electron chi connectivity index (χ3n) is 4.02. The minimum Gasteiger partial charge on any atom is -0.404 e. The summed E-state index contributed by atoms with van der Waals surface area (Å²) >= 11 is 0. The van der Waals surface area contributed by atoms with E-state index >= 15 is 0 Å². The van der Waals surface area contributed by atoms with Crippen LogP contribution in [0.5, 0.6) is 5.88 Å². The summed E-state index contributed by atoms with van der Waals surface area (Å²) in [5, 5.41) is 4.65. The molecule has 3 aromatic rings. The number of nitrogens with zero attached hydrogens (tertiary/aromatic N) is 2. The van der Waals surface area contributed by atoms with Gasteiger partial charge in [-0.2, -0.15) is 5.10 Å². The Morgan fingerprint density at radius 2 is 1.84 bits per heavy atom. The average Bonchev–Trinajstić information content (AvgIpc) is 2.98. The molecule has 2 aromatic carbocycles. The number of rotatable bonds is 5. The maximum atomic E-state index is 12.4. The molecule has 0 aliphatic heterocycles. The number of ether oxygens (including phenoxy) is 1. The monoisotopic (exact) mass is 334 g/mol. The normalized spacial score (nSPS) is 10.7. The molecule has 1 aromatic heterocycles. The summed E-state index contributed by atoms with van der Waals surface area (Å²) in [6.07, 6.45) is 1.82. The van der Waals surface area contributed by atoms with E-state index in [0.29, 0.717) is 11.4 Å². The quantitative estimate of drug-likeness (QED) is 0.637. The number of benzene rings is 2. The summed E-state index contributed by atoms with van der Waals surface area (Å²) in [4.78, 5) is 12.4. The first-order valence-corrected chi connectivity index (χ1v) is 8.52. The molecule has 0 unspecified atom stereocenters. The first kappa shape index (κ1) is 17.0. The smallest absolute Gasteiger partial charge is 0.344 e. The molecule has 25 heavy (non-hydrogen) atoms. The van der Waals surface area contributed by atoms with Gasteiger partial charge in [0.05, 0.1) is 16.9 Å². The Kier molecular flexibility index (Phi) is 4.98. The highest BCUT2D eigenvalue weighted by Crippen LogP contribution is 2.24. The van der Waals surface area contributed by atoms with E-state index in [-0.39, 0.29) is 5.97 Å². The van der Waals surface area contributed by atoms with E-state index in [9.17, 15) is 4.79 Å². The molecule has 4 heteroatoms. The van der Waals surface area contributed by atoms with Crippen LogP contribution in [-0.4, -0.2) is 15.7 Å². The zero-order chi connectivity index (χ0) is 17.8. The van der Waals surface area contributed by atoms with E-state index < -0.39 is 0 Å². The SMILES string of the molecule is CCCc1cc(OC(=O)c2ccccc2)n(-c2ccc(C)cc2C)n1. The van der Waals surface area contributed by atoms with Crippen molar-refractivity contribution < 1.29 is 9.53 Å². The van der Waals surface area contributed by atoms with Crippen molar-refractivity contribution in [3.05, 3.63) is 77.0 Å². The van der Waals surface area contributed by atoms with Crippen LogP contribution in [0.15, 0.2) is 54.6 Å². The van der Waals surface area contributed by atoms with Gasteiger partial charge in [0.2, 0.25) is 5.88 Å². The zero-order valence-corrected chi connectivity index (χ0v) is 14.8. The fraction of sp³-hybridized carbons (Fsp3) is 0.238.